The molecule has 2 unspecified atom stereocenters. The molecule has 0 aliphatic heterocycles. The highest BCUT2D eigenvalue weighted by atomic mass is 16.4. The Morgan fingerprint density at radius 3 is 2.12 bits per heavy atom. The smallest absolute Gasteiger partial charge is 0.309 e. The summed E-state index contributed by atoms with van der Waals surface area (Å²) in [6.45, 7) is 5.85. The third kappa shape index (κ3) is 6.11. The maximum absolute atomic E-state index is 11.0. The molecule has 0 heterocycles. The summed E-state index contributed by atoms with van der Waals surface area (Å²) in [5.41, 5.74) is 0. The molecule has 0 aromatic carbocycles. The fourth-order valence-electron chi connectivity index (χ4n) is 2.03. The molecule has 3 heteroatoms. The standard InChI is InChI=1S/C13H26O3/c1-4-5-6-7-8-9-11(14)12(10(2)3)13(15)16/h10-12,14H,4-9H2,1-3H3,(H,15,16). The molecule has 0 fully saturated rings. The molecule has 2 atom stereocenters. The Bertz CT molecular complexity index is 190. The molecule has 0 aromatic heterocycles. The molecule has 0 spiro atoms. The summed E-state index contributed by atoms with van der Waals surface area (Å²) in [7, 11) is 0. The van der Waals surface area contributed by atoms with Gasteiger partial charge in [0.1, 0.15) is 0 Å². The van der Waals surface area contributed by atoms with Gasteiger partial charge < -0.3 is 10.2 Å². The van der Waals surface area contributed by atoms with Crippen LogP contribution in [0.4, 0.5) is 0 Å². The number of hydrogen-bond acceptors (Lipinski definition) is 2. The van der Waals surface area contributed by atoms with E-state index in [0.29, 0.717) is 6.42 Å². The van der Waals surface area contributed by atoms with Crippen molar-refractivity contribution in [2.24, 2.45) is 11.8 Å². The molecule has 0 radical (unpaired) electrons. The minimum Gasteiger partial charge on any atom is -0.481 e. The Balaban J connectivity index is 3.84. The minimum absolute atomic E-state index is 0.0110. The second-order valence-corrected chi connectivity index (χ2v) is 4.88. The van der Waals surface area contributed by atoms with Gasteiger partial charge in [-0.2, -0.15) is 0 Å². The molecule has 0 saturated carbocycles. The van der Waals surface area contributed by atoms with Crippen LogP contribution in [0.15, 0.2) is 0 Å². The number of carboxylic acids is 1. The van der Waals surface area contributed by atoms with Gasteiger partial charge in [0.25, 0.3) is 0 Å². The van der Waals surface area contributed by atoms with Gasteiger partial charge in [-0.1, -0.05) is 52.9 Å². The Hall–Kier alpha value is -0.570. The van der Waals surface area contributed by atoms with Gasteiger partial charge in [0.15, 0.2) is 0 Å². The van der Waals surface area contributed by atoms with Crippen LogP contribution in [-0.2, 0) is 4.79 Å². The molecule has 0 bridgehead atoms. The van der Waals surface area contributed by atoms with Gasteiger partial charge in [0, 0.05) is 0 Å². The van der Waals surface area contributed by atoms with E-state index in [4.69, 9.17) is 5.11 Å². The van der Waals surface area contributed by atoms with Crippen molar-refractivity contribution in [3.8, 4) is 0 Å². The number of aliphatic carboxylic acids is 1. The molecule has 16 heavy (non-hydrogen) atoms. The van der Waals surface area contributed by atoms with Crippen molar-refractivity contribution < 1.29 is 15.0 Å². The molecule has 0 aliphatic rings. The lowest BCUT2D eigenvalue weighted by atomic mass is 9.87. The molecule has 0 aliphatic carbocycles. The van der Waals surface area contributed by atoms with Crippen LogP contribution in [0, 0.1) is 11.8 Å². The third-order valence-electron chi connectivity index (χ3n) is 3.02. The number of carbonyl (C=O) groups is 1. The van der Waals surface area contributed by atoms with Crippen LogP contribution in [0.5, 0.6) is 0 Å². The van der Waals surface area contributed by atoms with Crippen LogP contribution in [0.2, 0.25) is 0 Å². The third-order valence-corrected chi connectivity index (χ3v) is 3.02. The van der Waals surface area contributed by atoms with Crippen LogP contribution in [0.3, 0.4) is 0 Å². The number of carboxylic acid groups (broad SMARTS) is 1. The molecule has 0 aromatic rings. The van der Waals surface area contributed by atoms with E-state index in [1.54, 1.807) is 0 Å². The van der Waals surface area contributed by atoms with Gasteiger partial charge in [0.05, 0.1) is 12.0 Å². The van der Waals surface area contributed by atoms with E-state index in [9.17, 15) is 9.90 Å². The zero-order valence-corrected chi connectivity index (χ0v) is 10.8. The Morgan fingerprint density at radius 1 is 1.12 bits per heavy atom. The maximum Gasteiger partial charge on any atom is 0.309 e. The van der Waals surface area contributed by atoms with Gasteiger partial charge in [-0.3, -0.25) is 4.79 Å². The van der Waals surface area contributed by atoms with E-state index < -0.39 is 18.0 Å². The summed E-state index contributed by atoms with van der Waals surface area (Å²) in [5, 5.41) is 18.8. The van der Waals surface area contributed by atoms with Crippen LogP contribution < -0.4 is 0 Å². The van der Waals surface area contributed by atoms with E-state index in [0.717, 1.165) is 12.8 Å². The van der Waals surface area contributed by atoms with E-state index in [-0.39, 0.29) is 5.92 Å². The fourth-order valence-corrected chi connectivity index (χ4v) is 2.03. The monoisotopic (exact) mass is 230 g/mol. The van der Waals surface area contributed by atoms with Crippen LogP contribution in [-0.4, -0.2) is 22.3 Å². The first kappa shape index (κ1) is 15.4. The highest BCUT2D eigenvalue weighted by molar-refractivity contribution is 5.70. The summed E-state index contributed by atoms with van der Waals surface area (Å²) in [5.74, 6) is -1.51. The summed E-state index contributed by atoms with van der Waals surface area (Å²) < 4.78 is 0. The summed E-state index contributed by atoms with van der Waals surface area (Å²) in [6, 6.07) is 0. The predicted octanol–water partition coefficient (Wildman–Crippen LogP) is 3.06. The lowest BCUT2D eigenvalue weighted by Gasteiger charge is -2.22. The predicted molar refractivity (Wildman–Crippen MR) is 65.3 cm³/mol. The lowest BCUT2D eigenvalue weighted by Crippen LogP contribution is -2.32. The van der Waals surface area contributed by atoms with Crippen molar-refractivity contribution in [1.29, 1.82) is 0 Å². The molecule has 3 nitrogen and oxygen atoms in total. The second kappa shape index (κ2) is 8.57. The summed E-state index contributed by atoms with van der Waals surface area (Å²) in [6.07, 6.45) is 5.54. The Morgan fingerprint density at radius 2 is 1.69 bits per heavy atom. The van der Waals surface area contributed by atoms with E-state index in [1.165, 1.54) is 19.3 Å². The van der Waals surface area contributed by atoms with Gasteiger partial charge in [-0.15, -0.1) is 0 Å². The fraction of sp³-hybridized carbons (Fsp3) is 0.923. The number of aliphatic hydroxyl groups excluding tert-OH is 1. The average molecular weight is 230 g/mol. The van der Waals surface area contributed by atoms with Gasteiger partial charge in [-0.25, -0.2) is 0 Å². The second-order valence-electron chi connectivity index (χ2n) is 4.88. The van der Waals surface area contributed by atoms with Crippen molar-refractivity contribution in [2.75, 3.05) is 0 Å². The highest BCUT2D eigenvalue weighted by Crippen LogP contribution is 2.20. The van der Waals surface area contributed by atoms with Crippen LogP contribution in [0.1, 0.15) is 59.3 Å². The molecular weight excluding hydrogens is 204 g/mol. The first-order valence-electron chi connectivity index (χ1n) is 6.41. The van der Waals surface area contributed by atoms with Crippen molar-refractivity contribution in [2.45, 2.75) is 65.4 Å². The largest absolute Gasteiger partial charge is 0.481 e. The van der Waals surface area contributed by atoms with Crippen LogP contribution in [0.25, 0.3) is 0 Å². The van der Waals surface area contributed by atoms with E-state index in [2.05, 4.69) is 6.92 Å². The Labute approximate surface area is 98.9 Å². The maximum atomic E-state index is 11.0. The van der Waals surface area contributed by atoms with Crippen molar-refractivity contribution >= 4 is 5.97 Å². The van der Waals surface area contributed by atoms with Gasteiger partial charge >= 0.3 is 5.97 Å². The first-order valence-corrected chi connectivity index (χ1v) is 6.41. The number of unbranched alkanes of at least 4 members (excludes halogenated alkanes) is 4. The SMILES string of the molecule is CCCCCCCC(O)C(C(=O)O)C(C)C. The quantitative estimate of drug-likeness (QED) is 0.598. The molecule has 0 amide bonds. The number of aliphatic hydroxyl groups is 1. The summed E-state index contributed by atoms with van der Waals surface area (Å²) in [4.78, 5) is 11.0. The molecule has 96 valence electrons. The topological polar surface area (TPSA) is 57.5 Å². The molecule has 0 rings (SSSR count). The van der Waals surface area contributed by atoms with E-state index >= 15 is 0 Å². The number of rotatable bonds is 9. The minimum atomic E-state index is -0.879. The van der Waals surface area contributed by atoms with Crippen LogP contribution >= 0.6 is 0 Å². The van der Waals surface area contributed by atoms with Crippen molar-refractivity contribution in [1.82, 2.24) is 0 Å². The Kier molecular flexibility index (Phi) is 8.26. The van der Waals surface area contributed by atoms with Gasteiger partial charge in [-0.05, 0) is 12.3 Å². The zero-order valence-electron chi connectivity index (χ0n) is 10.8. The van der Waals surface area contributed by atoms with Crippen molar-refractivity contribution in [3.05, 3.63) is 0 Å². The first-order chi connectivity index (χ1) is 7.50. The highest BCUT2D eigenvalue weighted by Gasteiger charge is 2.28. The lowest BCUT2D eigenvalue weighted by molar-refractivity contribution is -0.148. The van der Waals surface area contributed by atoms with E-state index in [1.807, 2.05) is 13.8 Å². The van der Waals surface area contributed by atoms with Crippen molar-refractivity contribution in [3.63, 3.8) is 0 Å². The molecule has 2 N–H and O–H groups in total. The molecule has 0 saturated heterocycles. The average Bonchev–Trinajstić information content (AvgIpc) is 2.16. The molecular formula is C13H26O3. The normalized spacial score (nSPS) is 15.1. The number of hydrogen-bond donors (Lipinski definition) is 2. The summed E-state index contributed by atoms with van der Waals surface area (Å²) >= 11 is 0. The van der Waals surface area contributed by atoms with Gasteiger partial charge in [0.2, 0.25) is 0 Å². The zero-order chi connectivity index (χ0) is 12.6.